The van der Waals surface area contributed by atoms with Gasteiger partial charge in [-0.1, -0.05) is 69.3 Å². The first kappa shape index (κ1) is 16.6. The minimum atomic E-state index is -0.115. The third kappa shape index (κ3) is 5.70. The number of rotatable bonds is 5. The van der Waals surface area contributed by atoms with Crippen molar-refractivity contribution in [3.8, 4) is 0 Å². The van der Waals surface area contributed by atoms with Gasteiger partial charge in [-0.05, 0) is 40.8 Å². The fourth-order valence-corrected chi connectivity index (χ4v) is 2.35. The zero-order valence-electron chi connectivity index (χ0n) is 10.9. The minimum absolute atomic E-state index is 0.115. The van der Waals surface area contributed by atoms with E-state index >= 15 is 0 Å². The quantitative estimate of drug-likeness (QED) is 0.344. The van der Waals surface area contributed by atoms with Gasteiger partial charge in [0, 0.05) is 10.1 Å². The molecule has 1 nitrogen and oxygen atoms in total. The molecule has 0 saturated heterocycles. The fraction of sp³-hybridized carbons (Fsp3) is 0.0588. The lowest BCUT2D eigenvalue weighted by Crippen LogP contribution is -1.95. The molecule has 0 N–H and O–H groups in total. The van der Waals surface area contributed by atoms with Crippen LogP contribution in [0, 0.1) is 0 Å². The largest absolute Gasteiger partial charge is 0.289 e. The van der Waals surface area contributed by atoms with Crippen LogP contribution in [0.4, 0.5) is 0 Å². The Hall–Kier alpha value is -1.41. The molecule has 1 aliphatic rings. The Bertz CT molecular complexity index is 607. The topological polar surface area (TPSA) is 17.1 Å². The molecular formula is C17H14Br2O. The second-order valence-corrected chi connectivity index (χ2v) is 5.87. The number of halogens is 2. The molecule has 0 aromatic carbocycles. The Labute approximate surface area is 136 Å². The highest BCUT2D eigenvalue weighted by atomic mass is 79.9. The zero-order valence-corrected chi connectivity index (χ0v) is 14.1. The molecular weight excluding hydrogens is 380 g/mol. The number of hydrogen-bond acceptors (Lipinski definition) is 1. The summed E-state index contributed by atoms with van der Waals surface area (Å²) in [5.41, 5.74) is 4.03. The van der Waals surface area contributed by atoms with E-state index < -0.39 is 0 Å². The molecule has 102 valence electrons. The Morgan fingerprint density at radius 1 is 1.35 bits per heavy atom. The van der Waals surface area contributed by atoms with Crippen LogP contribution in [0.5, 0.6) is 0 Å². The molecule has 1 aliphatic carbocycles. The number of allylic oxidation sites excluding steroid dienone is 12. The molecule has 0 bridgehead atoms. The van der Waals surface area contributed by atoms with E-state index in [0.29, 0.717) is 5.57 Å². The van der Waals surface area contributed by atoms with Gasteiger partial charge in [0.15, 0.2) is 5.78 Å². The molecule has 1 rings (SSSR count). The molecule has 0 saturated carbocycles. The second kappa shape index (κ2) is 8.70. The van der Waals surface area contributed by atoms with E-state index in [4.69, 9.17) is 0 Å². The van der Waals surface area contributed by atoms with E-state index in [2.05, 4.69) is 50.7 Å². The number of hydrogen-bond donors (Lipinski definition) is 0. The van der Waals surface area contributed by atoms with Crippen LogP contribution in [0.15, 0.2) is 87.6 Å². The Morgan fingerprint density at radius 3 is 2.75 bits per heavy atom. The summed E-state index contributed by atoms with van der Waals surface area (Å²) < 4.78 is 2.05. The van der Waals surface area contributed by atoms with Gasteiger partial charge in [-0.15, -0.1) is 5.73 Å². The first-order chi connectivity index (χ1) is 9.56. The van der Waals surface area contributed by atoms with Crippen molar-refractivity contribution in [2.45, 2.75) is 6.42 Å². The zero-order chi connectivity index (χ0) is 15.0. The van der Waals surface area contributed by atoms with Gasteiger partial charge in [-0.3, -0.25) is 4.79 Å². The van der Waals surface area contributed by atoms with Crippen molar-refractivity contribution in [2.75, 3.05) is 0 Å². The highest BCUT2D eigenvalue weighted by Crippen LogP contribution is 2.24. The van der Waals surface area contributed by atoms with Crippen molar-refractivity contribution in [3.05, 3.63) is 87.6 Å². The summed E-state index contributed by atoms with van der Waals surface area (Å²) in [6.45, 7) is 7.06. The predicted octanol–water partition coefficient (Wildman–Crippen LogP) is 5.45. The monoisotopic (exact) mass is 392 g/mol. The lowest BCUT2D eigenvalue weighted by molar-refractivity contribution is -0.111. The highest BCUT2D eigenvalue weighted by Gasteiger charge is 2.03. The number of ketones is 1. The van der Waals surface area contributed by atoms with Gasteiger partial charge >= 0.3 is 0 Å². The van der Waals surface area contributed by atoms with Crippen molar-refractivity contribution in [1.82, 2.24) is 0 Å². The van der Waals surface area contributed by atoms with Crippen LogP contribution in [0.2, 0.25) is 0 Å². The van der Waals surface area contributed by atoms with Gasteiger partial charge in [0.2, 0.25) is 0 Å². The van der Waals surface area contributed by atoms with E-state index in [1.54, 1.807) is 18.2 Å². The van der Waals surface area contributed by atoms with Crippen LogP contribution >= 0.6 is 31.9 Å². The smallest absolute Gasteiger partial charge is 0.186 e. The highest BCUT2D eigenvalue weighted by molar-refractivity contribution is 9.12. The Morgan fingerprint density at radius 2 is 2.10 bits per heavy atom. The van der Waals surface area contributed by atoms with Gasteiger partial charge in [0.25, 0.3) is 0 Å². The van der Waals surface area contributed by atoms with Crippen LogP contribution in [-0.2, 0) is 4.79 Å². The van der Waals surface area contributed by atoms with Crippen molar-refractivity contribution < 1.29 is 4.79 Å². The third-order valence-electron chi connectivity index (χ3n) is 2.39. The standard InChI is InChI=1S/C17H14Br2O/c1-3-5-14(6-4-2)17(20)10-7-13-11-15(18)8-9-16(19)12-13/h3,5-8,10-12H,1-2,9H2/b10-7+,14-5+. The first-order valence-corrected chi connectivity index (χ1v) is 7.50. The summed E-state index contributed by atoms with van der Waals surface area (Å²) in [5.74, 6) is -0.115. The SMILES string of the molecule is C=C=C/C(=C\C=C)C(=O)/C=C/C1=CC(Br)=CCC(Br)=C1. The lowest BCUT2D eigenvalue weighted by Gasteiger charge is -1.96. The van der Waals surface area contributed by atoms with E-state index in [1.807, 2.05) is 18.2 Å². The average molecular weight is 394 g/mol. The van der Waals surface area contributed by atoms with Crippen LogP contribution in [-0.4, -0.2) is 5.78 Å². The second-order valence-electron chi connectivity index (χ2n) is 3.93. The average Bonchev–Trinajstić information content (AvgIpc) is 2.57. The van der Waals surface area contributed by atoms with Crippen LogP contribution < -0.4 is 0 Å². The maximum Gasteiger partial charge on any atom is 0.186 e. The maximum atomic E-state index is 12.0. The van der Waals surface area contributed by atoms with E-state index in [0.717, 1.165) is 21.0 Å². The van der Waals surface area contributed by atoms with Crippen molar-refractivity contribution in [1.29, 1.82) is 0 Å². The molecule has 0 spiro atoms. The van der Waals surface area contributed by atoms with Crippen LogP contribution in [0.25, 0.3) is 0 Å². The normalized spacial score (nSPS) is 15.7. The molecule has 0 unspecified atom stereocenters. The summed E-state index contributed by atoms with van der Waals surface area (Å²) in [7, 11) is 0. The molecule has 0 fully saturated rings. The molecule has 3 heteroatoms. The molecule has 20 heavy (non-hydrogen) atoms. The fourth-order valence-electron chi connectivity index (χ4n) is 1.50. The van der Waals surface area contributed by atoms with Gasteiger partial charge in [-0.2, -0.15) is 0 Å². The summed E-state index contributed by atoms with van der Waals surface area (Å²) in [6, 6.07) is 0. The van der Waals surface area contributed by atoms with Crippen molar-refractivity contribution in [3.63, 3.8) is 0 Å². The summed E-state index contributed by atoms with van der Waals surface area (Å²) in [5, 5.41) is 0. The van der Waals surface area contributed by atoms with Gasteiger partial charge in [-0.25, -0.2) is 0 Å². The molecule has 0 aromatic rings. The molecule has 0 amide bonds. The predicted molar refractivity (Wildman–Crippen MR) is 92.9 cm³/mol. The van der Waals surface area contributed by atoms with E-state index in [9.17, 15) is 4.79 Å². The molecule has 0 aromatic heterocycles. The van der Waals surface area contributed by atoms with Gasteiger partial charge in [0.05, 0.1) is 0 Å². The Kier molecular flexibility index (Phi) is 7.24. The van der Waals surface area contributed by atoms with Crippen LogP contribution in [0.1, 0.15) is 6.42 Å². The lowest BCUT2D eigenvalue weighted by atomic mass is 10.1. The van der Waals surface area contributed by atoms with Crippen LogP contribution in [0.3, 0.4) is 0 Å². The molecule has 0 atom stereocenters. The number of carbonyl (C=O) groups excluding carboxylic acids is 1. The summed E-state index contributed by atoms with van der Waals surface area (Å²) >= 11 is 6.93. The van der Waals surface area contributed by atoms with E-state index in [1.165, 1.54) is 12.2 Å². The van der Waals surface area contributed by atoms with E-state index in [-0.39, 0.29) is 5.78 Å². The maximum absolute atomic E-state index is 12.0. The van der Waals surface area contributed by atoms with Gasteiger partial charge in [0.1, 0.15) is 0 Å². The first-order valence-electron chi connectivity index (χ1n) is 5.91. The van der Waals surface area contributed by atoms with Gasteiger partial charge < -0.3 is 0 Å². The minimum Gasteiger partial charge on any atom is -0.289 e. The summed E-state index contributed by atoms with van der Waals surface area (Å²) in [4.78, 5) is 12.0. The molecule has 0 aliphatic heterocycles. The summed E-state index contributed by atoms with van der Waals surface area (Å²) in [6.07, 6.45) is 14.8. The third-order valence-corrected chi connectivity index (χ3v) is 3.49. The number of carbonyl (C=O) groups is 1. The van der Waals surface area contributed by atoms with Crippen molar-refractivity contribution in [2.24, 2.45) is 0 Å². The Balaban J connectivity index is 2.97. The molecule has 0 heterocycles. The van der Waals surface area contributed by atoms with Crippen molar-refractivity contribution >= 4 is 37.6 Å². The molecule has 0 radical (unpaired) electrons.